The molecule has 1 saturated heterocycles. The molecule has 3 nitrogen and oxygen atoms in total. The maximum atomic E-state index is 12.0. The molecule has 2 rings (SSSR count). The van der Waals surface area contributed by atoms with Crippen LogP contribution in [-0.2, 0) is 4.79 Å². The molecule has 2 N–H and O–H groups in total. The summed E-state index contributed by atoms with van der Waals surface area (Å²) >= 11 is 7.52. The summed E-state index contributed by atoms with van der Waals surface area (Å²) in [6, 6.07) is 7.71. The summed E-state index contributed by atoms with van der Waals surface area (Å²) in [7, 11) is 0. The molecule has 0 aromatic heterocycles. The molecule has 0 aliphatic carbocycles. The smallest absolute Gasteiger partial charge is 0.223 e. The molecule has 1 amide bonds. The van der Waals surface area contributed by atoms with Gasteiger partial charge in [0.2, 0.25) is 5.91 Å². The minimum absolute atomic E-state index is 0.248. The normalized spacial score (nSPS) is 18.8. The zero-order valence-corrected chi connectivity index (χ0v) is 12.4. The van der Waals surface area contributed by atoms with Gasteiger partial charge in [0.15, 0.2) is 0 Å². The van der Waals surface area contributed by atoms with Crippen LogP contribution in [0.2, 0.25) is 5.02 Å². The van der Waals surface area contributed by atoms with Gasteiger partial charge >= 0.3 is 0 Å². The Bertz CT molecular complexity index is 424. The molecule has 5 heteroatoms. The summed E-state index contributed by atoms with van der Waals surface area (Å²) in [4.78, 5) is 15.1. The topological polar surface area (TPSA) is 46.3 Å². The van der Waals surface area contributed by atoms with E-state index in [4.69, 9.17) is 17.3 Å². The number of halogens is 1. The molecule has 19 heavy (non-hydrogen) atoms. The monoisotopic (exact) mass is 298 g/mol. The largest absolute Gasteiger partial charge is 0.342 e. The Morgan fingerprint density at radius 3 is 2.79 bits per heavy atom. The van der Waals surface area contributed by atoms with Crippen LogP contribution in [0, 0.1) is 5.92 Å². The van der Waals surface area contributed by atoms with Crippen LogP contribution in [-0.4, -0.2) is 36.2 Å². The highest BCUT2D eigenvalue weighted by Gasteiger charge is 2.24. The van der Waals surface area contributed by atoms with E-state index in [1.807, 2.05) is 29.2 Å². The Labute approximate surface area is 123 Å². The summed E-state index contributed by atoms with van der Waals surface area (Å²) in [5.41, 5.74) is 5.63. The van der Waals surface area contributed by atoms with Crippen LogP contribution in [0.4, 0.5) is 0 Å². The lowest BCUT2D eigenvalue weighted by atomic mass is 10.1. The van der Waals surface area contributed by atoms with Gasteiger partial charge < -0.3 is 10.6 Å². The number of nitrogens with two attached hydrogens (primary N) is 1. The van der Waals surface area contributed by atoms with Crippen LogP contribution in [0.3, 0.4) is 0 Å². The van der Waals surface area contributed by atoms with Gasteiger partial charge in [-0.1, -0.05) is 11.6 Å². The zero-order chi connectivity index (χ0) is 13.7. The number of hydrogen-bond acceptors (Lipinski definition) is 3. The Morgan fingerprint density at radius 2 is 2.16 bits per heavy atom. The molecular formula is C14H19ClN2OS. The molecule has 1 aromatic rings. The number of likely N-dealkylation sites (tertiary alicyclic amines) is 1. The molecule has 0 spiro atoms. The average molecular weight is 299 g/mol. The molecular weight excluding hydrogens is 280 g/mol. The lowest BCUT2D eigenvalue weighted by molar-refractivity contribution is -0.129. The quantitative estimate of drug-likeness (QED) is 0.850. The van der Waals surface area contributed by atoms with Crippen LogP contribution >= 0.6 is 23.4 Å². The highest BCUT2D eigenvalue weighted by molar-refractivity contribution is 7.99. The Balaban J connectivity index is 1.71. The fourth-order valence-electron chi connectivity index (χ4n) is 2.20. The molecule has 1 heterocycles. The van der Waals surface area contributed by atoms with Crippen LogP contribution in [0.5, 0.6) is 0 Å². The molecule has 0 saturated carbocycles. The number of carbonyl (C=O) groups is 1. The SMILES string of the molecule is NCC1CCN(C(=O)CCSc2ccc(Cl)cc2)C1. The number of thioether (sulfide) groups is 1. The summed E-state index contributed by atoms with van der Waals surface area (Å²) in [6.07, 6.45) is 1.64. The second-order valence-electron chi connectivity index (χ2n) is 4.78. The first kappa shape index (κ1) is 14.7. The molecule has 1 aliphatic rings. The van der Waals surface area contributed by atoms with Gasteiger partial charge in [0.25, 0.3) is 0 Å². The molecule has 104 valence electrons. The van der Waals surface area contributed by atoms with E-state index >= 15 is 0 Å². The Kier molecular flexibility index (Phi) is 5.55. The van der Waals surface area contributed by atoms with E-state index < -0.39 is 0 Å². The second kappa shape index (κ2) is 7.17. The average Bonchev–Trinajstić information content (AvgIpc) is 2.90. The maximum absolute atomic E-state index is 12.0. The van der Waals surface area contributed by atoms with Crippen molar-refractivity contribution in [2.75, 3.05) is 25.4 Å². The first-order chi connectivity index (χ1) is 9.19. The van der Waals surface area contributed by atoms with Gasteiger partial charge in [0, 0.05) is 35.2 Å². The van der Waals surface area contributed by atoms with Crippen molar-refractivity contribution < 1.29 is 4.79 Å². The van der Waals surface area contributed by atoms with Crippen LogP contribution in [0.15, 0.2) is 29.2 Å². The molecule has 1 unspecified atom stereocenters. The number of nitrogens with zero attached hydrogens (tertiary/aromatic N) is 1. The fraction of sp³-hybridized carbons (Fsp3) is 0.500. The number of amides is 1. The standard InChI is InChI=1S/C14H19ClN2OS/c15-12-1-3-13(4-2-12)19-8-6-14(18)17-7-5-11(9-16)10-17/h1-4,11H,5-10,16H2. The second-order valence-corrected chi connectivity index (χ2v) is 6.39. The van der Waals surface area contributed by atoms with E-state index in [-0.39, 0.29) is 5.91 Å². The first-order valence-electron chi connectivity index (χ1n) is 6.55. The van der Waals surface area contributed by atoms with Gasteiger partial charge in [0.1, 0.15) is 0 Å². The van der Waals surface area contributed by atoms with Gasteiger partial charge in [-0.3, -0.25) is 4.79 Å². The number of hydrogen-bond donors (Lipinski definition) is 1. The van der Waals surface area contributed by atoms with Gasteiger partial charge in [0.05, 0.1) is 0 Å². The van der Waals surface area contributed by atoms with Crippen LogP contribution < -0.4 is 5.73 Å². The predicted octanol–water partition coefficient (Wildman–Crippen LogP) is 2.63. The van der Waals surface area contributed by atoms with Crippen molar-refractivity contribution in [1.82, 2.24) is 4.90 Å². The fourth-order valence-corrected chi connectivity index (χ4v) is 3.16. The lowest BCUT2D eigenvalue weighted by Gasteiger charge is -2.16. The summed E-state index contributed by atoms with van der Waals surface area (Å²) in [5, 5.41) is 0.741. The van der Waals surface area contributed by atoms with Crippen molar-refractivity contribution in [3.8, 4) is 0 Å². The first-order valence-corrected chi connectivity index (χ1v) is 7.91. The zero-order valence-electron chi connectivity index (χ0n) is 10.8. The summed E-state index contributed by atoms with van der Waals surface area (Å²) in [5.74, 6) is 1.55. The van der Waals surface area contributed by atoms with Crippen LogP contribution in [0.1, 0.15) is 12.8 Å². The summed E-state index contributed by atoms with van der Waals surface area (Å²) < 4.78 is 0. The minimum Gasteiger partial charge on any atom is -0.342 e. The van der Waals surface area contributed by atoms with Crippen molar-refractivity contribution in [3.63, 3.8) is 0 Å². The van der Waals surface area contributed by atoms with Crippen molar-refractivity contribution in [2.24, 2.45) is 11.7 Å². The molecule has 0 radical (unpaired) electrons. The van der Waals surface area contributed by atoms with E-state index in [2.05, 4.69) is 0 Å². The molecule has 1 aliphatic heterocycles. The third-order valence-corrected chi connectivity index (χ3v) is 4.64. The van der Waals surface area contributed by atoms with Gasteiger partial charge in [-0.25, -0.2) is 0 Å². The molecule has 1 fully saturated rings. The number of carbonyl (C=O) groups excluding carboxylic acids is 1. The van der Waals surface area contributed by atoms with E-state index in [0.29, 0.717) is 18.9 Å². The lowest BCUT2D eigenvalue weighted by Crippen LogP contribution is -2.30. The third-order valence-electron chi connectivity index (χ3n) is 3.37. The number of rotatable bonds is 5. The van der Waals surface area contributed by atoms with E-state index in [0.717, 1.165) is 35.2 Å². The van der Waals surface area contributed by atoms with Gasteiger partial charge in [-0.2, -0.15) is 0 Å². The molecule has 1 aromatic carbocycles. The van der Waals surface area contributed by atoms with Crippen molar-refractivity contribution in [2.45, 2.75) is 17.7 Å². The highest BCUT2D eigenvalue weighted by atomic mass is 35.5. The van der Waals surface area contributed by atoms with Crippen molar-refractivity contribution in [3.05, 3.63) is 29.3 Å². The van der Waals surface area contributed by atoms with Gasteiger partial charge in [-0.05, 0) is 43.1 Å². The highest BCUT2D eigenvalue weighted by Crippen LogP contribution is 2.22. The third kappa shape index (κ3) is 4.41. The van der Waals surface area contributed by atoms with Crippen LogP contribution in [0.25, 0.3) is 0 Å². The Hall–Kier alpha value is -0.710. The van der Waals surface area contributed by atoms with E-state index in [1.165, 1.54) is 0 Å². The number of benzene rings is 1. The van der Waals surface area contributed by atoms with E-state index in [9.17, 15) is 4.79 Å². The Morgan fingerprint density at radius 1 is 1.42 bits per heavy atom. The van der Waals surface area contributed by atoms with Crippen molar-refractivity contribution >= 4 is 29.3 Å². The minimum atomic E-state index is 0.248. The molecule has 1 atom stereocenters. The van der Waals surface area contributed by atoms with Gasteiger partial charge in [-0.15, -0.1) is 11.8 Å². The maximum Gasteiger partial charge on any atom is 0.223 e. The predicted molar refractivity (Wildman–Crippen MR) is 80.5 cm³/mol. The molecule has 0 bridgehead atoms. The summed E-state index contributed by atoms with van der Waals surface area (Å²) in [6.45, 7) is 2.39. The van der Waals surface area contributed by atoms with E-state index in [1.54, 1.807) is 11.8 Å². The van der Waals surface area contributed by atoms with Crippen molar-refractivity contribution in [1.29, 1.82) is 0 Å².